The molecule has 0 heterocycles. The molecule has 2 heteroatoms. The molecule has 0 saturated heterocycles. The van der Waals surface area contributed by atoms with Gasteiger partial charge in [0.1, 0.15) is 6.10 Å². The van der Waals surface area contributed by atoms with Crippen molar-refractivity contribution < 1.29 is 9.84 Å². The topological polar surface area (TPSA) is 29.5 Å². The zero-order valence-electron chi connectivity index (χ0n) is 10.8. The summed E-state index contributed by atoms with van der Waals surface area (Å²) in [6.45, 7) is 2.55. The second kappa shape index (κ2) is 5.80. The molecule has 2 nitrogen and oxygen atoms in total. The molecule has 0 aliphatic carbocycles. The van der Waals surface area contributed by atoms with Gasteiger partial charge in [0.15, 0.2) is 0 Å². The van der Waals surface area contributed by atoms with Crippen LogP contribution < -0.4 is 0 Å². The molecule has 94 valence electrons. The highest BCUT2D eigenvalue weighted by Gasteiger charge is 2.13. The fourth-order valence-corrected chi connectivity index (χ4v) is 2.02. The summed E-state index contributed by atoms with van der Waals surface area (Å²) in [4.78, 5) is 0. The summed E-state index contributed by atoms with van der Waals surface area (Å²) in [5.41, 5.74) is 4.02. The summed E-state index contributed by atoms with van der Waals surface area (Å²) < 4.78 is 5.16. The Morgan fingerprint density at radius 1 is 1.06 bits per heavy atom. The first-order valence-electron chi connectivity index (χ1n) is 6.03. The lowest BCUT2D eigenvalue weighted by Crippen LogP contribution is -2.04. The first-order chi connectivity index (χ1) is 8.72. The van der Waals surface area contributed by atoms with E-state index in [4.69, 9.17) is 4.74 Å². The van der Waals surface area contributed by atoms with Gasteiger partial charge >= 0.3 is 0 Å². The van der Waals surface area contributed by atoms with Gasteiger partial charge in [-0.3, -0.25) is 0 Å². The van der Waals surface area contributed by atoms with Gasteiger partial charge in [-0.05, 0) is 23.6 Å². The Morgan fingerprint density at radius 2 is 1.72 bits per heavy atom. The van der Waals surface area contributed by atoms with Gasteiger partial charge in [-0.15, -0.1) is 0 Å². The van der Waals surface area contributed by atoms with Crippen LogP contribution in [0, 0.1) is 6.92 Å². The summed E-state index contributed by atoms with van der Waals surface area (Å²) in [7, 11) is 1.66. The molecule has 0 bridgehead atoms. The first-order valence-corrected chi connectivity index (χ1v) is 6.03. The molecule has 18 heavy (non-hydrogen) atoms. The average molecular weight is 242 g/mol. The Labute approximate surface area is 108 Å². The average Bonchev–Trinajstić information content (AvgIpc) is 2.40. The summed E-state index contributed by atoms with van der Waals surface area (Å²) in [5, 5.41) is 10.4. The minimum Gasteiger partial charge on any atom is -0.384 e. The molecule has 0 aliphatic rings. The number of aliphatic hydroxyl groups is 1. The SMILES string of the molecule is COCc1ccccc1C(O)c1ccc(C)cc1. The van der Waals surface area contributed by atoms with Crippen LogP contribution in [-0.2, 0) is 11.3 Å². The zero-order chi connectivity index (χ0) is 13.0. The Bertz CT molecular complexity index is 503. The molecule has 0 radical (unpaired) electrons. The molecule has 1 unspecified atom stereocenters. The first kappa shape index (κ1) is 12.8. The molecule has 1 N–H and O–H groups in total. The van der Waals surface area contributed by atoms with Crippen molar-refractivity contribution in [2.45, 2.75) is 19.6 Å². The van der Waals surface area contributed by atoms with Gasteiger partial charge in [-0.1, -0.05) is 54.1 Å². The van der Waals surface area contributed by atoms with E-state index in [1.165, 1.54) is 5.56 Å². The van der Waals surface area contributed by atoms with Crippen molar-refractivity contribution in [1.29, 1.82) is 0 Å². The number of aliphatic hydroxyl groups excluding tert-OH is 1. The maximum absolute atomic E-state index is 10.4. The molecule has 0 aromatic heterocycles. The van der Waals surface area contributed by atoms with Crippen molar-refractivity contribution in [3.05, 3.63) is 70.8 Å². The van der Waals surface area contributed by atoms with Gasteiger partial charge in [0.25, 0.3) is 0 Å². The largest absolute Gasteiger partial charge is 0.384 e. The van der Waals surface area contributed by atoms with E-state index in [1.54, 1.807) is 7.11 Å². The number of rotatable bonds is 4. The number of aryl methyl sites for hydroxylation is 1. The maximum atomic E-state index is 10.4. The number of benzene rings is 2. The van der Waals surface area contributed by atoms with Crippen molar-refractivity contribution in [2.24, 2.45) is 0 Å². The maximum Gasteiger partial charge on any atom is 0.104 e. The smallest absolute Gasteiger partial charge is 0.104 e. The fraction of sp³-hybridized carbons (Fsp3) is 0.250. The lowest BCUT2D eigenvalue weighted by molar-refractivity contribution is 0.176. The number of hydrogen-bond donors (Lipinski definition) is 1. The highest BCUT2D eigenvalue weighted by atomic mass is 16.5. The monoisotopic (exact) mass is 242 g/mol. The van der Waals surface area contributed by atoms with Crippen LogP contribution in [0.1, 0.15) is 28.4 Å². The molecule has 0 fully saturated rings. The van der Waals surface area contributed by atoms with Crippen molar-refractivity contribution in [3.8, 4) is 0 Å². The van der Waals surface area contributed by atoms with E-state index in [2.05, 4.69) is 0 Å². The van der Waals surface area contributed by atoms with Gasteiger partial charge in [-0.25, -0.2) is 0 Å². The van der Waals surface area contributed by atoms with Gasteiger partial charge in [0, 0.05) is 7.11 Å². The molecule has 2 aromatic rings. The number of ether oxygens (including phenoxy) is 1. The van der Waals surface area contributed by atoms with E-state index >= 15 is 0 Å². The number of hydrogen-bond acceptors (Lipinski definition) is 2. The van der Waals surface area contributed by atoms with E-state index in [-0.39, 0.29) is 0 Å². The predicted octanol–water partition coefficient (Wildman–Crippen LogP) is 3.22. The van der Waals surface area contributed by atoms with Crippen LogP contribution in [0.4, 0.5) is 0 Å². The zero-order valence-corrected chi connectivity index (χ0v) is 10.8. The molecule has 0 amide bonds. The Hall–Kier alpha value is -1.64. The van der Waals surface area contributed by atoms with Crippen LogP contribution >= 0.6 is 0 Å². The lowest BCUT2D eigenvalue weighted by Gasteiger charge is -2.15. The molecular weight excluding hydrogens is 224 g/mol. The van der Waals surface area contributed by atoms with Crippen LogP contribution in [0.15, 0.2) is 48.5 Å². The molecule has 0 aliphatic heterocycles. The van der Waals surface area contributed by atoms with Crippen molar-refractivity contribution in [1.82, 2.24) is 0 Å². The second-order valence-corrected chi connectivity index (χ2v) is 4.45. The standard InChI is InChI=1S/C16H18O2/c1-12-7-9-13(10-8-12)16(17)15-6-4-3-5-14(15)11-18-2/h3-10,16-17H,11H2,1-2H3. The highest BCUT2D eigenvalue weighted by molar-refractivity contribution is 5.36. The predicted molar refractivity (Wildman–Crippen MR) is 72.4 cm³/mol. The minimum atomic E-state index is -0.600. The van der Waals surface area contributed by atoms with Gasteiger partial charge in [0.2, 0.25) is 0 Å². The van der Waals surface area contributed by atoms with E-state index in [0.29, 0.717) is 6.61 Å². The van der Waals surface area contributed by atoms with Crippen molar-refractivity contribution >= 4 is 0 Å². The summed E-state index contributed by atoms with van der Waals surface area (Å²) in [5.74, 6) is 0. The van der Waals surface area contributed by atoms with Crippen molar-refractivity contribution in [3.63, 3.8) is 0 Å². The Morgan fingerprint density at radius 3 is 2.39 bits per heavy atom. The molecule has 2 rings (SSSR count). The second-order valence-electron chi connectivity index (χ2n) is 4.45. The van der Waals surface area contributed by atoms with E-state index < -0.39 is 6.10 Å². The van der Waals surface area contributed by atoms with Gasteiger partial charge < -0.3 is 9.84 Å². The van der Waals surface area contributed by atoms with Crippen LogP contribution in [0.2, 0.25) is 0 Å². The van der Waals surface area contributed by atoms with Gasteiger partial charge in [0.05, 0.1) is 6.61 Å². The molecule has 0 saturated carbocycles. The third-order valence-corrected chi connectivity index (χ3v) is 3.04. The lowest BCUT2D eigenvalue weighted by atomic mass is 9.96. The van der Waals surface area contributed by atoms with E-state index in [9.17, 15) is 5.11 Å². The molecule has 0 spiro atoms. The van der Waals surface area contributed by atoms with Crippen LogP contribution in [0.3, 0.4) is 0 Å². The number of methoxy groups -OCH3 is 1. The third-order valence-electron chi connectivity index (χ3n) is 3.04. The summed E-state index contributed by atoms with van der Waals surface area (Å²) >= 11 is 0. The Kier molecular flexibility index (Phi) is 4.13. The fourth-order valence-electron chi connectivity index (χ4n) is 2.02. The highest BCUT2D eigenvalue weighted by Crippen LogP contribution is 2.25. The molecule has 2 aromatic carbocycles. The van der Waals surface area contributed by atoms with Crippen LogP contribution in [0.25, 0.3) is 0 Å². The van der Waals surface area contributed by atoms with Crippen LogP contribution in [0.5, 0.6) is 0 Å². The molecular formula is C16H18O2. The quantitative estimate of drug-likeness (QED) is 0.892. The summed E-state index contributed by atoms with van der Waals surface area (Å²) in [6, 6.07) is 15.8. The van der Waals surface area contributed by atoms with E-state index in [1.807, 2.05) is 55.5 Å². The third kappa shape index (κ3) is 2.78. The molecule has 1 atom stereocenters. The Balaban J connectivity index is 2.33. The van der Waals surface area contributed by atoms with Gasteiger partial charge in [-0.2, -0.15) is 0 Å². The normalized spacial score (nSPS) is 12.4. The van der Waals surface area contributed by atoms with Crippen LogP contribution in [-0.4, -0.2) is 12.2 Å². The summed E-state index contributed by atoms with van der Waals surface area (Å²) in [6.07, 6.45) is -0.600. The minimum absolute atomic E-state index is 0.513. The van der Waals surface area contributed by atoms with E-state index in [0.717, 1.165) is 16.7 Å². The van der Waals surface area contributed by atoms with Crippen molar-refractivity contribution in [2.75, 3.05) is 7.11 Å².